The fourth-order valence-electron chi connectivity index (χ4n) is 1.73. The molecule has 1 atom stereocenters. The first-order valence-electron chi connectivity index (χ1n) is 5.95. The van der Waals surface area contributed by atoms with Gasteiger partial charge in [0.1, 0.15) is 5.78 Å². The van der Waals surface area contributed by atoms with Gasteiger partial charge in [0.05, 0.1) is 0 Å². The number of unbranched alkanes of at least 4 members (excludes halogenated alkanes) is 1. The fraction of sp³-hybridized carbons (Fsp3) is 0.400. The van der Waals surface area contributed by atoms with Crippen LogP contribution >= 0.6 is 0 Å². The van der Waals surface area contributed by atoms with E-state index in [2.05, 4.69) is 31.2 Å². The Kier molecular flexibility index (Phi) is 5.55. The third-order valence-electron chi connectivity index (χ3n) is 2.56. The van der Waals surface area contributed by atoms with E-state index in [0.717, 1.165) is 12.8 Å². The van der Waals surface area contributed by atoms with Crippen LogP contribution in [0.2, 0.25) is 0 Å². The largest absolute Gasteiger partial charge is 0.300 e. The molecule has 1 aromatic carbocycles. The molecule has 0 N–H and O–H groups in total. The highest BCUT2D eigenvalue weighted by Crippen LogP contribution is 2.21. The van der Waals surface area contributed by atoms with Crippen molar-refractivity contribution in [1.29, 1.82) is 0 Å². The first-order chi connectivity index (χ1) is 7.74. The smallest absolute Gasteiger partial charge is 0.130 e. The Labute approximate surface area is 98.2 Å². The van der Waals surface area contributed by atoms with E-state index in [0.29, 0.717) is 6.42 Å². The van der Waals surface area contributed by atoms with Gasteiger partial charge >= 0.3 is 0 Å². The van der Waals surface area contributed by atoms with E-state index in [-0.39, 0.29) is 11.7 Å². The predicted molar refractivity (Wildman–Crippen MR) is 68.5 cm³/mol. The first kappa shape index (κ1) is 12.7. The van der Waals surface area contributed by atoms with Gasteiger partial charge in [0, 0.05) is 12.3 Å². The zero-order chi connectivity index (χ0) is 11.8. The van der Waals surface area contributed by atoms with Crippen molar-refractivity contribution < 1.29 is 4.79 Å². The molecule has 0 radical (unpaired) electrons. The van der Waals surface area contributed by atoms with Crippen molar-refractivity contribution >= 4 is 5.78 Å². The molecule has 1 heteroatoms. The molecule has 0 spiro atoms. The van der Waals surface area contributed by atoms with Crippen LogP contribution in [0.15, 0.2) is 42.5 Å². The van der Waals surface area contributed by atoms with E-state index in [1.54, 1.807) is 6.92 Å². The summed E-state index contributed by atoms with van der Waals surface area (Å²) in [6.07, 6.45) is 7.18. The molecule has 1 nitrogen and oxygen atoms in total. The lowest BCUT2D eigenvalue weighted by Crippen LogP contribution is -2.01. The molecule has 86 valence electrons. The van der Waals surface area contributed by atoms with Gasteiger partial charge in [0.2, 0.25) is 0 Å². The van der Waals surface area contributed by atoms with Gasteiger partial charge in [-0.05, 0) is 18.9 Å². The molecule has 0 aliphatic rings. The quantitative estimate of drug-likeness (QED) is 0.654. The third kappa shape index (κ3) is 4.43. The molecular weight excluding hydrogens is 196 g/mol. The van der Waals surface area contributed by atoms with Crippen molar-refractivity contribution in [3.63, 3.8) is 0 Å². The van der Waals surface area contributed by atoms with Crippen molar-refractivity contribution in [2.75, 3.05) is 0 Å². The lowest BCUT2D eigenvalue weighted by Gasteiger charge is -2.11. The second-order valence-electron chi connectivity index (χ2n) is 4.14. The second-order valence-corrected chi connectivity index (χ2v) is 4.14. The van der Waals surface area contributed by atoms with Crippen LogP contribution in [0.1, 0.15) is 44.6 Å². The summed E-state index contributed by atoms with van der Waals surface area (Å²) in [5.41, 5.74) is 1.23. The molecule has 0 saturated heterocycles. The normalized spacial score (nSPS) is 12.9. The molecule has 0 amide bonds. The maximum atomic E-state index is 11.2. The minimum atomic E-state index is 0.241. The van der Waals surface area contributed by atoms with Gasteiger partial charge in [-0.3, -0.25) is 4.79 Å². The average Bonchev–Trinajstić information content (AvgIpc) is 2.29. The number of carbonyl (C=O) groups excluding carboxylic acids is 1. The number of benzene rings is 1. The highest BCUT2D eigenvalue weighted by atomic mass is 16.1. The standard InChI is InChI=1S/C15H20O/c1-3-4-6-11-15(12-13(2)16)14-9-7-5-8-10-14/h5-11,15H,3-4,12H2,1-2H3. The Bertz CT molecular complexity index is 338. The topological polar surface area (TPSA) is 17.1 Å². The molecule has 0 bridgehead atoms. The maximum absolute atomic E-state index is 11.2. The van der Waals surface area contributed by atoms with E-state index in [1.165, 1.54) is 5.56 Å². The van der Waals surface area contributed by atoms with E-state index in [4.69, 9.17) is 0 Å². The highest BCUT2D eigenvalue weighted by molar-refractivity contribution is 5.76. The minimum absolute atomic E-state index is 0.241. The van der Waals surface area contributed by atoms with Crippen LogP contribution in [0, 0.1) is 0 Å². The molecule has 1 aromatic rings. The third-order valence-corrected chi connectivity index (χ3v) is 2.56. The Hall–Kier alpha value is -1.37. The Morgan fingerprint density at radius 3 is 2.56 bits per heavy atom. The summed E-state index contributed by atoms with van der Waals surface area (Å²) in [7, 11) is 0. The molecule has 16 heavy (non-hydrogen) atoms. The number of carbonyl (C=O) groups is 1. The van der Waals surface area contributed by atoms with Crippen LogP contribution in [0.5, 0.6) is 0 Å². The lowest BCUT2D eigenvalue weighted by molar-refractivity contribution is -0.117. The zero-order valence-electron chi connectivity index (χ0n) is 10.1. The van der Waals surface area contributed by atoms with E-state index in [9.17, 15) is 4.79 Å². The van der Waals surface area contributed by atoms with Gasteiger partial charge in [0.25, 0.3) is 0 Å². The SMILES string of the molecule is CCCC=CC(CC(C)=O)c1ccccc1. The van der Waals surface area contributed by atoms with Crippen molar-refractivity contribution in [1.82, 2.24) is 0 Å². The van der Waals surface area contributed by atoms with Gasteiger partial charge in [-0.25, -0.2) is 0 Å². The monoisotopic (exact) mass is 216 g/mol. The number of allylic oxidation sites excluding steroid dienone is 2. The summed E-state index contributed by atoms with van der Waals surface area (Å²) < 4.78 is 0. The van der Waals surface area contributed by atoms with Crippen molar-refractivity contribution in [3.05, 3.63) is 48.0 Å². The van der Waals surface area contributed by atoms with Crippen molar-refractivity contribution in [2.45, 2.75) is 39.0 Å². The van der Waals surface area contributed by atoms with Crippen LogP contribution in [-0.2, 0) is 4.79 Å². The Morgan fingerprint density at radius 1 is 1.31 bits per heavy atom. The number of ketones is 1. The van der Waals surface area contributed by atoms with E-state index in [1.807, 2.05) is 18.2 Å². The predicted octanol–water partition coefficient (Wildman–Crippen LogP) is 4.11. The Morgan fingerprint density at radius 2 is 2.00 bits per heavy atom. The van der Waals surface area contributed by atoms with Gasteiger partial charge < -0.3 is 0 Å². The summed E-state index contributed by atoms with van der Waals surface area (Å²) in [6, 6.07) is 10.2. The van der Waals surface area contributed by atoms with Crippen LogP contribution < -0.4 is 0 Å². The van der Waals surface area contributed by atoms with Gasteiger partial charge in [-0.1, -0.05) is 55.8 Å². The second kappa shape index (κ2) is 7.00. The molecule has 0 fully saturated rings. The van der Waals surface area contributed by atoms with Gasteiger partial charge in [-0.2, -0.15) is 0 Å². The summed E-state index contributed by atoms with van der Waals surface area (Å²) in [5.74, 6) is 0.486. The highest BCUT2D eigenvalue weighted by Gasteiger charge is 2.09. The molecule has 0 saturated carbocycles. The summed E-state index contributed by atoms with van der Waals surface area (Å²) >= 11 is 0. The molecule has 0 aliphatic heterocycles. The van der Waals surface area contributed by atoms with Crippen LogP contribution in [-0.4, -0.2) is 5.78 Å². The minimum Gasteiger partial charge on any atom is -0.300 e. The lowest BCUT2D eigenvalue weighted by atomic mass is 9.93. The summed E-state index contributed by atoms with van der Waals surface area (Å²) in [6.45, 7) is 3.82. The molecule has 0 aromatic heterocycles. The van der Waals surface area contributed by atoms with E-state index < -0.39 is 0 Å². The van der Waals surface area contributed by atoms with E-state index >= 15 is 0 Å². The summed E-state index contributed by atoms with van der Waals surface area (Å²) in [4.78, 5) is 11.2. The maximum Gasteiger partial charge on any atom is 0.130 e. The number of rotatable bonds is 6. The summed E-state index contributed by atoms with van der Waals surface area (Å²) in [5, 5.41) is 0. The molecular formula is C15H20O. The molecule has 1 rings (SSSR count). The molecule has 1 unspecified atom stereocenters. The molecule has 0 heterocycles. The van der Waals surface area contributed by atoms with Gasteiger partial charge in [0.15, 0.2) is 0 Å². The van der Waals surface area contributed by atoms with Crippen LogP contribution in [0.4, 0.5) is 0 Å². The van der Waals surface area contributed by atoms with Crippen LogP contribution in [0.3, 0.4) is 0 Å². The number of hydrogen-bond acceptors (Lipinski definition) is 1. The van der Waals surface area contributed by atoms with Crippen LogP contribution in [0.25, 0.3) is 0 Å². The van der Waals surface area contributed by atoms with Gasteiger partial charge in [-0.15, -0.1) is 0 Å². The zero-order valence-corrected chi connectivity index (χ0v) is 10.1. The number of Topliss-reactive ketones (excluding diaryl/α,β-unsaturated/α-hetero) is 1. The number of hydrogen-bond donors (Lipinski definition) is 0. The first-order valence-corrected chi connectivity index (χ1v) is 5.95. The molecule has 0 aliphatic carbocycles. The fourth-order valence-corrected chi connectivity index (χ4v) is 1.73. The average molecular weight is 216 g/mol. The van der Waals surface area contributed by atoms with Crippen molar-refractivity contribution in [2.24, 2.45) is 0 Å². The van der Waals surface area contributed by atoms with Crippen molar-refractivity contribution in [3.8, 4) is 0 Å². The Balaban J connectivity index is 2.75.